The van der Waals surface area contributed by atoms with Crippen molar-refractivity contribution in [2.24, 2.45) is 0 Å². The topological polar surface area (TPSA) is 3.24 Å². The number of benzene rings is 11. The predicted molar refractivity (Wildman–Crippen MR) is 269 cm³/mol. The van der Waals surface area contributed by atoms with Crippen molar-refractivity contribution in [1.82, 2.24) is 0 Å². The molecule has 11 aromatic carbocycles. The van der Waals surface area contributed by atoms with Crippen LogP contribution in [-0.2, 0) is 0 Å². The first-order valence-electron chi connectivity index (χ1n) is 21.7. The molecule has 11 aromatic rings. The first kappa shape index (κ1) is 37.7. The second-order valence-electron chi connectivity index (χ2n) is 16.0. The molecule has 1 nitrogen and oxygen atoms in total. The number of para-hydroxylation sites is 1. The number of hydrogen-bond acceptors (Lipinski definition) is 1. The van der Waals surface area contributed by atoms with E-state index in [1.54, 1.807) is 0 Å². The summed E-state index contributed by atoms with van der Waals surface area (Å²) in [6.07, 6.45) is 0. The maximum Gasteiger partial charge on any atom is 0.0467 e. The molecule has 11 rings (SSSR count). The second-order valence-corrected chi connectivity index (χ2v) is 16.0. The van der Waals surface area contributed by atoms with Crippen molar-refractivity contribution in [3.05, 3.63) is 261 Å². The van der Waals surface area contributed by atoms with Gasteiger partial charge in [-0.1, -0.05) is 218 Å². The minimum atomic E-state index is 1.09. The van der Waals surface area contributed by atoms with Gasteiger partial charge >= 0.3 is 0 Å². The molecule has 0 amide bonds. The molecule has 0 saturated carbocycles. The Kier molecular flexibility index (Phi) is 9.97. The summed E-state index contributed by atoms with van der Waals surface area (Å²) in [6, 6.07) is 94.5. The summed E-state index contributed by atoms with van der Waals surface area (Å²) in [7, 11) is 0. The lowest BCUT2D eigenvalue weighted by molar-refractivity contribution is 1.28. The summed E-state index contributed by atoms with van der Waals surface area (Å²) in [5, 5.41) is 5.00. The molecule has 0 aliphatic rings. The molecule has 0 heterocycles. The highest BCUT2D eigenvalue weighted by Crippen LogP contribution is 2.47. The van der Waals surface area contributed by atoms with E-state index < -0.39 is 0 Å². The third kappa shape index (κ3) is 7.16. The highest BCUT2D eigenvalue weighted by atomic mass is 15.1. The quantitative estimate of drug-likeness (QED) is 0.131. The maximum atomic E-state index is 2.41. The van der Waals surface area contributed by atoms with Crippen LogP contribution in [0, 0.1) is 0 Å². The molecule has 0 spiro atoms. The van der Waals surface area contributed by atoms with E-state index >= 15 is 0 Å². The molecule has 0 bridgehead atoms. The van der Waals surface area contributed by atoms with Crippen molar-refractivity contribution < 1.29 is 0 Å². The molecular formula is C62H43N. The minimum Gasteiger partial charge on any atom is -0.310 e. The molecule has 0 unspecified atom stereocenters. The van der Waals surface area contributed by atoms with Crippen LogP contribution >= 0.6 is 0 Å². The standard InChI is InChI=1S/C62H43N/c1-6-20-44(21-7-1)54-34-19-35-55(60(54)46-22-8-2-9-23-46)45-36-39-52(40-37-45)63(51-29-14-5-15-30-51)53-31-18-28-49(42-53)50-38-41-57-56-32-16-17-33-58(56)61(47-24-10-3-11-25-47)62(59(57)43-50)48-26-12-4-13-27-48/h1-43H. The molecule has 0 N–H and O–H groups in total. The van der Waals surface area contributed by atoms with Crippen LogP contribution in [-0.4, -0.2) is 0 Å². The molecule has 296 valence electrons. The second kappa shape index (κ2) is 16.7. The summed E-state index contributed by atoms with van der Waals surface area (Å²) < 4.78 is 0. The molecular weight excluding hydrogens is 759 g/mol. The Morgan fingerprint density at radius 1 is 0.190 bits per heavy atom. The zero-order valence-corrected chi connectivity index (χ0v) is 34.8. The van der Waals surface area contributed by atoms with E-state index in [2.05, 4.69) is 266 Å². The van der Waals surface area contributed by atoms with Gasteiger partial charge in [0.2, 0.25) is 0 Å². The summed E-state index contributed by atoms with van der Waals surface area (Å²) in [5.41, 5.74) is 17.8. The largest absolute Gasteiger partial charge is 0.310 e. The lowest BCUT2D eigenvalue weighted by Crippen LogP contribution is -2.09. The van der Waals surface area contributed by atoms with Gasteiger partial charge in [-0.25, -0.2) is 0 Å². The number of rotatable bonds is 9. The zero-order chi connectivity index (χ0) is 42.0. The molecule has 0 fully saturated rings. The van der Waals surface area contributed by atoms with Crippen LogP contribution in [0.15, 0.2) is 261 Å². The number of fused-ring (bicyclic) bond motifs is 3. The predicted octanol–water partition coefficient (Wildman–Crippen LogP) is 17.5. The van der Waals surface area contributed by atoms with Crippen LogP contribution < -0.4 is 4.90 Å². The van der Waals surface area contributed by atoms with Crippen LogP contribution in [0.25, 0.3) is 88.3 Å². The van der Waals surface area contributed by atoms with Crippen LogP contribution in [0.1, 0.15) is 0 Å². The van der Waals surface area contributed by atoms with Gasteiger partial charge in [0.1, 0.15) is 0 Å². The Morgan fingerprint density at radius 2 is 0.571 bits per heavy atom. The van der Waals surface area contributed by atoms with Crippen LogP contribution in [0.3, 0.4) is 0 Å². The summed E-state index contributed by atoms with van der Waals surface area (Å²) in [5.74, 6) is 0. The van der Waals surface area contributed by atoms with Gasteiger partial charge in [-0.15, -0.1) is 0 Å². The minimum absolute atomic E-state index is 1.09. The molecule has 0 saturated heterocycles. The van der Waals surface area contributed by atoms with Gasteiger partial charge < -0.3 is 4.90 Å². The molecule has 0 aromatic heterocycles. The Hall–Kier alpha value is -8.26. The maximum absolute atomic E-state index is 2.41. The van der Waals surface area contributed by atoms with E-state index in [9.17, 15) is 0 Å². The lowest BCUT2D eigenvalue weighted by Gasteiger charge is -2.26. The summed E-state index contributed by atoms with van der Waals surface area (Å²) in [4.78, 5) is 2.36. The Balaban J connectivity index is 1.04. The fraction of sp³-hybridized carbons (Fsp3) is 0. The third-order valence-electron chi connectivity index (χ3n) is 12.3. The third-order valence-corrected chi connectivity index (χ3v) is 12.3. The number of hydrogen-bond donors (Lipinski definition) is 0. The van der Waals surface area contributed by atoms with Gasteiger partial charge in [0.05, 0.1) is 0 Å². The number of nitrogens with zero attached hydrogens (tertiary/aromatic N) is 1. The van der Waals surface area contributed by atoms with Gasteiger partial charge in [-0.05, 0) is 131 Å². The van der Waals surface area contributed by atoms with Gasteiger partial charge in [0.15, 0.2) is 0 Å². The SMILES string of the molecule is c1ccc(-c2cccc(-c3ccc(N(c4ccccc4)c4cccc(-c5ccc6c(c5)c(-c5ccccc5)c(-c5ccccc5)c5ccccc56)c4)cc3)c2-c2ccccc2)cc1. The van der Waals surface area contributed by atoms with E-state index in [0.717, 1.165) is 22.6 Å². The van der Waals surface area contributed by atoms with Crippen molar-refractivity contribution in [2.45, 2.75) is 0 Å². The van der Waals surface area contributed by atoms with Crippen LogP contribution in [0.5, 0.6) is 0 Å². The van der Waals surface area contributed by atoms with Gasteiger partial charge in [0.25, 0.3) is 0 Å². The fourth-order valence-corrected chi connectivity index (χ4v) is 9.39. The molecule has 1 heteroatoms. The summed E-state index contributed by atoms with van der Waals surface area (Å²) >= 11 is 0. The van der Waals surface area contributed by atoms with Crippen molar-refractivity contribution in [3.8, 4) is 66.8 Å². The Labute approximate surface area is 369 Å². The Morgan fingerprint density at radius 3 is 1.17 bits per heavy atom. The van der Waals surface area contributed by atoms with Gasteiger partial charge in [-0.3, -0.25) is 0 Å². The lowest BCUT2D eigenvalue weighted by atomic mass is 9.84. The average Bonchev–Trinajstić information content (AvgIpc) is 3.37. The zero-order valence-electron chi connectivity index (χ0n) is 34.8. The van der Waals surface area contributed by atoms with E-state index in [1.807, 2.05) is 0 Å². The van der Waals surface area contributed by atoms with E-state index in [1.165, 1.54) is 82.7 Å². The van der Waals surface area contributed by atoms with Crippen molar-refractivity contribution in [3.63, 3.8) is 0 Å². The van der Waals surface area contributed by atoms with Crippen LogP contribution in [0.4, 0.5) is 17.1 Å². The van der Waals surface area contributed by atoms with Gasteiger partial charge in [-0.2, -0.15) is 0 Å². The highest BCUT2D eigenvalue weighted by Gasteiger charge is 2.20. The molecule has 0 aliphatic carbocycles. The van der Waals surface area contributed by atoms with E-state index in [-0.39, 0.29) is 0 Å². The Bertz CT molecular complexity index is 3340. The van der Waals surface area contributed by atoms with E-state index in [4.69, 9.17) is 0 Å². The highest BCUT2D eigenvalue weighted by molar-refractivity contribution is 6.22. The monoisotopic (exact) mass is 801 g/mol. The van der Waals surface area contributed by atoms with Crippen LogP contribution in [0.2, 0.25) is 0 Å². The molecule has 0 radical (unpaired) electrons. The molecule has 0 atom stereocenters. The normalized spacial score (nSPS) is 11.2. The first-order valence-corrected chi connectivity index (χ1v) is 21.7. The van der Waals surface area contributed by atoms with Crippen molar-refractivity contribution >= 4 is 38.6 Å². The smallest absolute Gasteiger partial charge is 0.0467 e. The molecule has 63 heavy (non-hydrogen) atoms. The van der Waals surface area contributed by atoms with Crippen molar-refractivity contribution in [2.75, 3.05) is 4.90 Å². The molecule has 0 aliphatic heterocycles. The van der Waals surface area contributed by atoms with Gasteiger partial charge in [0, 0.05) is 17.1 Å². The number of anilines is 3. The average molecular weight is 802 g/mol. The fourth-order valence-electron chi connectivity index (χ4n) is 9.39. The summed E-state index contributed by atoms with van der Waals surface area (Å²) in [6.45, 7) is 0. The van der Waals surface area contributed by atoms with Crippen molar-refractivity contribution in [1.29, 1.82) is 0 Å². The first-order chi connectivity index (χ1) is 31.3. The van der Waals surface area contributed by atoms with E-state index in [0.29, 0.717) is 0 Å².